The van der Waals surface area contributed by atoms with Crippen LogP contribution in [0.2, 0.25) is 0 Å². The molecule has 0 aromatic heterocycles. The summed E-state index contributed by atoms with van der Waals surface area (Å²) in [5, 5.41) is 0. The summed E-state index contributed by atoms with van der Waals surface area (Å²) in [5.74, 6) is 1.84. The summed E-state index contributed by atoms with van der Waals surface area (Å²) in [6.07, 6.45) is 6.60. The average molecular weight is 437 g/mol. The first-order chi connectivity index (χ1) is 12.6. The van der Waals surface area contributed by atoms with E-state index in [1.807, 2.05) is 13.8 Å². The maximum absolute atomic E-state index is 12.6. The van der Waals surface area contributed by atoms with Gasteiger partial charge in [0.05, 0.1) is 17.0 Å². The number of halogens is 1. The zero-order chi connectivity index (χ0) is 19.4. The molecule has 5 aliphatic rings. The highest BCUT2D eigenvalue weighted by Crippen LogP contribution is 2.69. The van der Waals surface area contributed by atoms with Gasteiger partial charge in [-0.15, -0.1) is 0 Å². The summed E-state index contributed by atoms with van der Waals surface area (Å²) in [4.78, 5) is 12.6. The molecule has 27 heavy (non-hydrogen) atoms. The lowest BCUT2D eigenvalue weighted by Gasteiger charge is -2.62. The standard InChI is InChI=1S/C23H33BrO3/c1-12-6-7-13-18-14(8-9-22(12,13)4)23(5)11-16(24)17(25)10-15(23)19-20(18)27-21(2,3)26-19/h13-16,18-20H,1,6-11H2,2-5H3/t13?,14-,15+,16?,18?,19+,20+,22+,23+/m0/s1. The SMILES string of the molecule is C=C1CCC2C3[C@H]4OC(C)(C)O[C@@H]4[C@H]4CC(=O)C(Br)C[C@]4(C)[C@H]3CC[C@]12C. The second-order valence-corrected chi connectivity index (χ2v) is 12.0. The van der Waals surface area contributed by atoms with Gasteiger partial charge in [0, 0.05) is 12.3 Å². The van der Waals surface area contributed by atoms with Crippen LogP contribution in [0.4, 0.5) is 0 Å². The topological polar surface area (TPSA) is 35.5 Å². The third-order valence-corrected chi connectivity index (χ3v) is 10.1. The van der Waals surface area contributed by atoms with Crippen LogP contribution in [0.15, 0.2) is 12.2 Å². The first kappa shape index (κ1) is 18.8. The molecule has 4 aliphatic carbocycles. The number of fused-ring (bicyclic) bond motifs is 8. The third kappa shape index (κ3) is 2.42. The minimum atomic E-state index is -0.553. The average Bonchev–Trinajstić information content (AvgIpc) is 3.06. The quantitative estimate of drug-likeness (QED) is 0.383. The Balaban J connectivity index is 1.61. The van der Waals surface area contributed by atoms with Crippen LogP contribution < -0.4 is 0 Å². The maximum Gasteiger partial charge on any atom is 0.163 e. The fraction of sp³-hybridized carbons (Fsp3) is 0.870. The van der Waals surface area contributed by atoms with Crippen LogP contribution in [-0.2, 0) is 14.3 Å². The molecule has 0 spiro atoms. The second kappa shape index (κ2) is 5.70. The molecule has 0 N–H and O–H groups in total. The molecule has 0 bridgehead atoms. The van der Waals surface area contributed by atoms with E-state index in [1.54, 1.807) is 0 Å². The van der Waals surface area contributed by atoms with Gasteiger partial charge < -0.3 is 9.47 Å². The zero-order valence-corrected chi connectivity index (χ0v) is 18.7. The van der Waals surface area contributed by atoms with Gasteiger partial charge >= 0.3 is 0 Å². The molecule has 5 fully saturated rings. The molecule has 150 valence electrons. The van der Waals surface area contributed by atoms with E-state index in [-0.39, 0.29) is 33.8 Å². The van der Waals surface area contributed by atoms with Crippen molar-refractivity contribution in [2.75, 3.05) is 0 Å². The fourth-order valence-corrected chi connectivity index (χ4v) is 8.79. The summed E-state index contributed by atoms with van der Waals surface area (Å²) in [7, 11) is 0. The van der Waals surface area contributed by atoms with Crippen molar-refractivity contribution in [3.8, 4) is 0 Å². The molecular formula is C23H33BrO3. The number of hydrogen-bond donors (Lipinski definition) is 0. The van der Waals surface area contributed by atoms with Crippen molar-refractivity contribution in [2.24, 2.45) is 34.5 Å². The molecule has 4 saturated carbocycles. The molecule has 0 radical (unpaired) electrons. The number of Topliss-reactive ketones (excluding diaryl/α,β-unsaturated/α-hetero) is 1. The minimum absolute atomic E-state index is 0.00173. The highest BCUT2D eigenvalue weighted by Gasteiger charge is 2.68. The largest absolute Gasteiger partial charge is 0.344 e. The smallest absolute Gasteiger partial charge is 0.163 e. The number of alkyl halides is 1. The van der Waals surface area contributed by atoms with Crippen LogP contribution in [-0.4, -0.2) is 28.6 Å². The molecule has 1 aliphatic heterocycles. The summed E-state index contributed by atoms with van der Waals surface area (Å²) < 4.78 is 13.1. The summed E-state index contributed by atoms with van der Waals surface area (Å²) in [5.41, 5.74) is 1.84. The highest BCUT2D eigenvalue weighted by molar-refractivity contribution is 9.10. The van der Waals surface area contributed by atoms with E-state index in [4.69, 9.17) is 9.47 Å². The Morgan fingerprint density at radius 1 is 1.04 bits per heavy atom. The predicted molar refractivity (Wildman–Crippen MR) is 109 cm³/mol. The first-order valence-corrected chi connectivity index (χ1v) is 11.7. The predicted octanol–water partition coefficient (Wildman–Crippen LogP) is 5.27. The van der Waals surface area contributed by atoms with Gasteiger partial charge in [0.2, 0.25) is 0 Å². The molecular weight excluding hydrogens is 404 g/mol. The van der Waals surface area contributed by atoms with Crippen molar-refractivity contribution >= 4 is 21.7 Å². The van der Waals surface area contributed by atoms with Gasteiger partial charge in [-0.3, -0.25) is 4.79 Å². The second-order valence-electron chi connectivity index (χ2n) is 10.9. The van der Waals surface area contributed by atoms with E-state index in [0.717, 1.165) is 12.8 Å². The van der Waals surface area contributed by atoms with Gasteiger partial charge in [0.1, 0.15) is 5.78 Å². The van der Waals surface area contributed by atoms with Crippen LogP contribution in [0.25, 0.3) is 0 Å². The molecule has 3 nitrogen and oxygen atoms in total. The Morgan fingerprint density at radius 2 is 1.74 bits per heavy atom. The molecule has 1 saturated heterocycles. The summed E-state index contributed by atoms with van der Waals surface area (Å²) >= 11 is 3.70. The van der Waals surface area contributed by atoms with E-state index < -0.39 is 5.79 Å². The Labute approximate surface area is 171 Å². The molecule has 9 atom stereocenters. The number of ether oxygens (including phenoxy) is 2. The molecule has 0 aromatic rings. The fourth-order valence-electron chi connectivity index (χ4n) is 7.90. The van der Waals surface area contributed by atoms with Crippen molar-refractivity contribution < 1.29 is 14.3 Å². The van der Waals surface area contributed by atoms with Gasteiger partial charge in [-0.2, -0.15) is 0 Å². The van der Waals surface area contributed by atoms with E-state index in [9.17, 15) is 4.79 Å². The molecule has 5 rings (SSSR count). The van der Waals surface area contributed by atoms with Crippen molar-refractivity contribution in [2.45, 2.75) is 89.0 Å². The maximum atomic E-state index is 12.6. The van der Waals surface area contributed by atoms with Crippen LogP contribution in [0.5, 0.6) is 0 Å². The number of carbonyl (C=O) groups is 1. The first-order valence-electron chi connectivity index (χ1n) is 10.8. The Morgan fingerprint density at radius 3 is 2.48 bits per heavy atom. The van der Waals surface area contributed by atoms with Crippen LogP contribution in [0.1, 0.15) is 66.2 Å². The van der Waals surface area contributed by atoms with Crippen LogP contribution in [0, 0.1) is 34.5 Å². The number of rotatable bonds is 0. The normalized spacial score (nSPS) is 56.3. The Bertz CT molecular complexity index is 702. The minimum Gasteiger partial charge on any atom is -0.344 e. The van der Waals surface area contributed by atoms with Gasteiger partial charge in [-0.05, 0) is 74.5 Å². The number of allylic oxidation sites excluding steroid dienone is 1. The highest BCUT2D eigenvalue weighted by atomic mass is 79.9. The van der Waals surface area contributed by atoms with Crippen molar-refractivity contribution in [1.29, 1.82) is 0 Å². The van der Waals surface area contributed by atoms with E-state index in [1.165, 1.54) is 24.8 Å². The third-order valence-electron chi connectivity index (χ3n) is 9.31. The van der Waals surface area contributed by atoms with Crippen LogP contribution in [0.3, 0.4) is 0 Å². The Kier molecular flexibility index (Phi) is 3.97. The van der Waals surface area contributed by atoms with Gasteiger partial charge in [0.25, 0.3) is 0 Å². The van der Waals surface area contributed by atoms with Crippen molar-refractivity contribution in [3.05, 3.63) is 12.2 Å². The summed E-state index contributed by atoms with van der Waals surface area (Å²) in [6.45, 7) is 13.5. The van der Waals surface area contributed by atoms with Crippen LogP contribution >= 0.6 is 15.9 Å². The van der Waals surface area contributed by atoms with Gasteiger partial charge in [0.15, 0.2) is 5.79 Å². The number of hydrogen-bond acceptors (Lipinski definition) is 3. The molecule has 0 amide bonds. The van der Waals surface area contributed by atoms with E-state index in [0.29, 0.717) is 30.0 Å². The van der Waals surface area contributed by atoms with Crippen molar-refractivity contribution in [1.82, 2.24) is 0 Å². The van der Waals surface area contributed by atoms with Gasteiger partial charge in [-0.25, -0.2) is 0 Å². The number of carbonyl (C=O) groups excluding carboxylic acids is 1. The lowest BCUT2D eigenvalue weighted by molar-refractivity contribution is -0.174. The number of ketones is 1. The van der Waals surface area contributed by atoms with E-state index in [2.05, 4.69) is 36.4 Å². The molecule has 3 unspecified atom stereocenters. The monoisotopic (exact) mass is 436 g/mol. The molecule has 1 heterocycles. The zero-order valence-electron chi connectivity index (χ0n) is 17.1. The lowest BCUT2D eigenvalue weighted by atomic mass is 9.44. The molecule has 0 aromatic carbocycles. The van der Waals surface area contributed by atoms with E-state index >= 15 is 0 Å². The van der Waals surface area contributed by atoms with Crippen molar-refractivity contribution in [3.63, 3.8) is 0 Å². The Hall–Kier alpha value is -0.190. The summed E-state index contributed by atoms with van der Waals surface area (Å²) in [6, 6.07) is 0. The molecule has 4 heteroatoms. The lowest BCUT2D eigenvalue weighted by Crippen LogP contribution is -2.63. The van der Waals surface area contributed by atoms with Gasteiger partial charge in [-0.1, -0.05) is 41.9 Å².